The van der Waals surface area contributed by atoms with Crippen LogP contribution >= 0.6 is 0 Å². The van der Waals surface area contributed by atoms with Gasteiger partial charge in [-0.2, -0.15) is 26.0 Å². The molecular weight excluding hydrogens is 716 g/mol. The standard InChI is InChI=1S/C24H45O3Si4.3C2H5.Pt/c1-14-17-28(8,9)21-20-24(4,31(25-5,26-6)27-7)23(30(12,13)19-16-3)22(21)29(10,11)18-15-2;3*1-2;/h14-16H,1-3,17-19H2,4-13H3;3*1H2,2H3;/q4*-1;+4. The van der Waals surface area contributed by atoms with Crippen LogP contribution in [-0.2, 0) is 34.3 Å². The van der Waals surface area contributed by atoms with Crippen LogP contribution in [0.1, 0.15) is 27.7 Å². The first-order valence-electron chi connectivity index (χ1n) is 13.2. The van der Waals surface area contributed by atoms with Crippen molar-refractivity contribution in [3.05, 3.63) is 80.4 Å². The van der Waals surface area contributed by atoms with E-state index >= 15 is 0 Å². The fourth-order valence-electron chi connectivity index (χ4n) is 5.43. The van der Waals surface area contributed by atoms with Crippen molar-refractivity contribution in [1.29, 1.82) is 0 Å². The van der Waals surface area contributed by atoms with Crippen LogP contribution in [-0.4, -0.2) is 54.4 Å². The Kier molecular flexibility index (Phi) is 23.9. The van der Waals surface area contributed by atoms with Gasteiger partial charge >= 0.3 is 29.9 Å². The maximum Gasteiger partial charge on any atom is 4.00 e. The summed E-state index contributed by atoms with van der Waals surface area (Å²) in [5.41, 5.74) is 0. The predicted octanol–water partition coefficient (Wildman–Crippen LogP) is 9.48. The Labute approximate surface area is 258 Å². The predicted molar refractivity (Wildman–Crippen MR) is 179 cm³/mol. The molecule has 0 heterocycles. The summed E-state index contributed by atoms with van der Waals surface area (Å²) in [6, 6.07) is 3.05. The SMILES string of the molecule is C=CC[Si](C)(C)C1=[C-]C(C)([Si](OC)(OC)OC)C([Si](C)(C)CC=C)=C1[Si](C)(C)CC=C.[CH2-]C.[CH2-]C.[CH2-]C.[Pt+4]. The van der Waals surface area contributed by atoms with Gasteiger partial charge in [-0.1, -0.05) is 70.5 Å². The monoisotopic (exact) mass is 775 g/mol. The molecule has 0 saturated heterocycles. The van der Waals surface area contributed by atoms with Crippen molar-refractivity contribution in [2.45, 2.75) is 90.1 Å². The summed E-state index contributed by atoms with van der Waals surface area (Å²) in [6.07, 6.45) is 10.3. The summed E-state index contributed by atoms with van der Waals surface area (Å²) in [4.78, 5) is 0. The summed E-state index contributed by atoms with van der Waals surface area (Å²) < 4.78 is 18.4. The summed E-state index contributed by atoms with van der Waals surface area (Å²) >= 11 is 0. The number of hydrogen-bond donors (Lipinski definition) is 0. The second-order valence-corrected chi connectivity index (χ2v) is 28.0. The zero-order valence-corrected chi connectivity index (χ0v) is 33.4. The van der Waals surface area contributed by atoms with Gasteiger partial charge in [-0.3, -0.25) is 6.08 Å². The molecule has 0 aromatic heterocycles. The van der Waals surface area contributed by atoms with Gasteiger partial charge in [-0.25, -0.2) is 10.4 Å². The Balaban J connectivity index is -0.000000767. The average molecular weight is 776 g/mol. The van der Waals surface area contributed by atoms with Crippen molar-refractivity contribution in [2.24, 2.45) is 0 Å². The molecule has 3 nitrogen and oxygen atoms in total. The van der Waals surface area contributed by atoms with Crippen molar-refractivity contribution >= 4 is 33.0 Å². The zero-order chi connectivity index (χ0) is 30.3. The topological polar surface area (TPSA) is 27.7 Å². The molecule has 8 heteroatoms. The van der Waals surface area contributed by atoms with Gasteiger partial charge in [-0.05, 0) is 25.2 Å². The molecule has 0 aromatic carbocycles. The van der Waals surface area contributed by atoms with E-state index in [0.717, 1.165) is 18.1 Å². The van der Waals surface area contributed by atoms with E-state index in [2.05, 4.69) is 111 Å². The van der Waals surface area contributed by atoms with Gasteiger partial charge in [-0.15, -0.1) is 19.7 Å². The molecule has 1 aliphatic rings. The van der Waals surface area contributed by atoms with E-state index in [4.69, 9.17) is 13.3 Å². The third-order valence-electron chi connectivity index (χ3n) is 6.79. The van der Waals surface area contributed by atoms with Crippen LogP contribution < -0.4 is 0 Å². The van der Waals surface area contributed by atoms with Crippen LogP contribution in [0.15, 0.2) is 53.6 Å². The van der Waals surface area contributed by atoms with E-state index in [1.165, 1.54) is 10.4 Å². The number of allylic oxidation sites excluding steroid dienone is 7. The van der Waals surface area contributed by atoms with Crippen LogP contribution in [0.2, 0.25) is 62.5 Å². The van der Waals surface area contributed by atoms with Crippen LogP contribution in [0.4, 0.5) is 0 Å². The van der Waals surface area contributed by atoms with E-state index in [1.807, 2.05) is 0 Å². The zero-order valence-electron chi connectivity index (χ0n) is 27.1. The summed E-state index contributed by atoms with van der Waals surface area (Å²) in [5.74, 6) is 0. The second-order valence-electron chi connectivity index (χ2n) is 10.7. The van der Waals surface area contributed by atoms with E-state index in [9.17, 15) is 0 Å². The van der Waals surface area contributed by atoms with Gasteiger partial charge in [0.15, 0.2) is 0 Å². The largest absolute Gasteiger partial charge is 4.00 e. The second kappa shape index (κ2) is 20.1. The van der Waals surface area contributed by atoms with Crippen LogP contribution in [0.5, 0.6) is 0 Å². The maximum atomic E-state index is 6.14. The summed E-state index contributed by atoms with van der Waals surface area (Å²) in [5, 5.41) is 4.02. The van der Waals surface area contributed by atoms with Gasteiger partial charge in [0.25, 0.3) is 0 Å². The molecule has 0 N–H and O–H groups in total. The normalized spacial score (nSPS) is 17.3. The average Bonchev–Trinajstić information content (AvgIpc) is 3.22. The molecular formula is C30H60O3PtSi4. The molecule has 0 bridgehead atoms. The summed E-state index contributed by atoms with van der Waals surface area (Å²) in [6.45, 7) is 44.3. The molecule has 1 unspecified atom stereocenters. The molecule has 0 saturated carbocycles. The van der Waals surface area contributed by atoms with Gasteiger partial charge in [0.05, 0.1) is 8.07 Å². The summed E-state index contributed by atoms with van der Waals surface area (Å²) in [7, 11) is -3.56. The molecule has 0 fully saturated rings. The Bertz CT molecular complexity index is 761. The first-order chi connectivity index (χ1) is 17.2. The van der Waals surface area contributed by atoms with Crippen molar-refractivity contribution in [2.75, 3.05) is 21.3 Å². The first-order valence-corrected chi connectivity index (χ1v) is 24.6. The van der Waals surface area contributed by atoms with Crippen LogP contribution in [0.3, 0.4) is 0 Å². The van der Waals surface area contributed by atoms with E-state index in [-0.39, 0.29) is 21.1 Å². The molecule has 0 spiro atoms. The quantitative estimate of drug-likeness (QED) is 0.106. The van der Waals surface area contributed by atoms with Crippen molar-refractivity contribution in [3.8, 4) is 0 Å². The third kappa shape index (κ3) is 9.90. The molecule has 0 aliphatic heterocycles. The Morgan fingerprint density at radius 3 is 1.32 bits per heavy atom. The van der Waals surface area contributed by atoms with Gasteiger partial charge < -0.3 is 34.0 Å². The number of rotatable bonds is 13. The van der Waals surface area contributed by atoms with E-state index in [0.29, 0.717) is 0 Å². The fourth-order valence-corrected chi connectivity index (χ4v) is 21.8. The minimum absolute atomic E-state index is 0. The van der Waals surface area contributed by atoms with Gasteiger partial charge in [0, 0.05) is 29.4 Å². The van der Waals surface area contributed by atoms with Crippen molar-refractivity contribution in [3.63, 3.8) is 0 Å². The molecule has 0 radical (unpaired) electrons. The first kappa shape index (κ1) is 45.1. The minimum Gasteiger partial charge on any atom is -0.377 e. The van der Waals surface area contributed by atoms with Crippen molar-refractivity contribution in [1.82, 2.24) is 0 Å². The molecule has 224 valence electrons. The fraction of sp³-hybridized carbons (Fsp3) is 0.567. The van der Waals surface area contributed by atoms with E-state index in [1.54, 1.807) is 47.3 Å². The smallest absolute Gasteiger partial charge is 0.377 e. The molecule has 1 rings (SSSR count). The van der Waals surface area contributed by atoms with Gasteiger partial charge in [0.2, 0.25) is 0 Å². The Morgan fingerprint density at radius 1 is 0.684 bits per heavy atom. The Hall–Kier alpha value is 0.136. The van der Waals surface area contributed by atoms with Crippen LogP contribution in [0, 0.1) is 26.8 Å². The molecule has 1 aliphatic carbocycles. The number of hydrogen-bond acceptors (Lipinski definition) is 3. The van der Waals surface area contributed by atoms with E-state index < -0.39 is 38.1 Å². The Morgan fingerprint density at radius 2 is 1.00 bits per heavy atom. The minimum atomic E-state index is -3.09. The molecule has 38 heavy (non-hydrogen) atoms. The maximum absolute atomic E-state index is 6.14. The van der Waals surface area contributed by atoms with Gasteiger partial charge in [0.1, 0.15) is 0 Å². The molecule has 1 atom stereocenters. The van der Waals surface area contributed by atoms with Crippen LogP contribution in [0.25, 0.3) is 0 Å². The van der Waals surface area contributed by atoms with Crippen molar-refractivity contribution < 1.29 is 34.3 Å². The molecule has 0 amide bonds. The third-order valence-corrected chi connectivity index (χ3v) is 20.4. The molecule has 0 aromatic rings.